The number of nitrogens with two attached hydrogens (primary N) is 1. The molecule has 2 N–H and O–H groups in total. The molecule has 3 heteroatoms. The minimum Gasteiger partial charge on any atom is -0.323 e. The van der Waals surface area contributed by atoms with E-state index >= 15 is 0 Å². The quantitative estimate of drug-likeness (QED) is 0.742. The van der Waals surface area contributed by atoms with Crippen molar-refractivity contribution in [1.29, 1.82) is 0 Å². The van der Waals surface area contributed by atoms with Gasteiger partial charge in [-0.2, -0.15) is 0 Å². The average Bonchev–Trinajstić information content (AvgIpc) is 2.52. The Labute approximate surface area is 88.9 Å². The van der Waals surface area contributed by atoms with Crippen LogP contribution >= 0.6 is 22.9 Å². The highest BCUT2D eigenvalue weighted by molar-refractivity contribution is 7.10. The number of hydrogen-bond acceptors (Lipinski definition) is 2. The molecule has 13 heavy (non-hydrogen) atoms. The lowest BCUT2D eigenvalue weighted by Crippen LogP contribution is -2.08. The third kappa shape index (κ3) is 3.29. The van der Waals surface area contributed by atoms with E-state index in [-0.39, 0.29) is 6.04 Å². The van der Waals surface area contributed by atoms with Crippen LogP contribution in [0.4, 0.5) is 0 Å². The standard InChI is InChI=1S/C10H16ClNS/c1-2-3-4-5-9(12)10-8(11)6-7-13-10/h6-7,9H,2-5,12H2,1H3/t9-/m1/s1. The summed E-state index contributed by atoms with van der Waals surface area (Å²) in [5, 5.41) is 2.83. The maximum atomic E-state index is 6.01. The fourth-order valence-electron chi connectivity index (χ4n) is 1.32. The van der Waals surface area contributed by atoms with Crippen LogP contribution in [0.25, 0.3) is 0 Å². The van der Waals surface area contributed by atoms with Gasteiger partial charge < -0.3 is 5.73 Å². The van der Waals surface area contributed by atoms with Crippen molar-refractivity contribution in [3.05, 3.63) is 21.3 Å². The highest BCUT2D eigenvalue weighted by Gasteiger charge is 2.10. The normalized spacial score (nSPS) is 13.2. The second kappa shape index (κ2) is 5.63. The Morgan fingerprint density at radius 2 is 2.31 bits per heavy atom. The molecule has 0 aliphatic rings. The molecule has 0 spiro atoms. The number of unbranched alkanes of at least 4 members (excludes halogenated alkanes) is 2. The minimum absolute atomic E-state index is 0.138. The molecular formula is C10H16ClNS. The van der Waals surface area contributed by atoms with Gasteiger partial charge >= 0.3 is 0 Å². The first-order chi connectivity index (χ1) is 6.25. The molecule has 0 aromatic carbocycles. The summed E-state index contributed by atoms with van der Waals surface area (Å²) in [5.41, 5.74) is 6.01. The van der Waals surface area contributed by atoms with Crippen LogP contribution in [0.15, 0.2) is 11.4 Å². The zero-order chi connectivity index (χ0) is 9.68. The molecule has 0 fully saturated rings. The second-order valence-corrected chi connectivity index (χ2v) is 4.59. The van der Waals surface area contributed by atoms with Crippen LogP contribution < -0.4 is 5.73 Å². The molecule has 1 rings (SSSR count). The largest absolute Gasteiger partial charge is 0.323 e. The highest BCUT2D eigenvalue weighted by atomic mass is 35.5. The van der Waals surface area contributed by atoms with E-state index in [0.717, 1.165) is 16.3 Å². The van der Waals surface area contributed by atoms with Crippen LogP contribution in [0.5, 0.6) is 0 Å². The van der Waals surface area contributed by atoms with Gasteiger partial charge in [-0.1, -0.05) is 37.8 Å². The van der Waals surface area contributed by atoms with Crippen molar-refractivity contribution >= 4 is 22.9 Å². The van der Waals surface area contributed by atoms with Crippen molar-refractivity contribution in [3.63, 3.8) is 0 Å². The average molecular weight is 218 g/mol. The Hall–Kier alpha value is -0.0500. The number of halogens is 1. The molecule has 0 saturated heterocycles. The van der Waals surface area contributed by atoms with Gasteiger partial charge in [0.2, 0.25) is 0 Å². The Morgan fingerprint density at radius 1 is 1.54 bits per heavy atom. The maximum Gasteiger partial charge on any atom is 0.0561 e. The van der Waals surface area contributed by atoms with Crippen LogP contribution in [0.3, 0.4) is 0 Å². The molecule has 0 amide bonds. The molecule has 0 saturated carbocycles. The lowest BCUT2D eigenvalue weighted by molar-refractivity contribution is 0.587. The summed E-state index contributed by atoms with van der Waals surface area (Å²) < 4.78 is 0. The van der Waals surface area contributed by atoms with Crippen molar-refractivity contribution in [3.8, 4) is 0 Å². The number of thiophene rings is 1. The van der Waals surface area contributed by atoms with Crippen LogP contribution in [0.1, 0.15) is 43.5 Å². The fraction of sp³-hybridized carbons (Fsp3) is 0.600. The van der Waals surface area contributed by atoms with Crippen molar-refractivity contribution in [2.75, 3.05) is 0 Å². The summed E-state index contributed by atoms with van der Waals surface area (Å²) in [6.45, 7) is 2.20. The van der Waals surface area contributed by atoms with Crippen molar-refractivity contribution in [2.45, 2.75) is 38.6 Å². The Morgan fingerprint density at radius 3 is 2.85 bits per heavy atom. The summed E-state index contributed by atoms with van der Waals surface area (Å²) in [6.07, 6.45) is 4.75. The Balaban J connectivity index is 2.39. The van der Waals surface area contributed by atoms with E-state index in [2.05, 4.69) is 6.92 Å². The maximum absolute atomic E-state index is 6.01. The third-order valence-electron chi connectivity index (χ3n) is 2.10. The van der Waals surface area contributed by atoms with Crippen molar-refractivity contribution < 1.29 is 0 Å². The molecule has 0 radical (unpaired) electrons. The molecule has 1 atom stereocenters. The molecular weight excluding hydrogens is 202 g/mol. The molecule has 1 heterocycles. The van der Waals surface area contributed by atoms with Gasteiger partial charge in [-0.05, 0) is 17.9 Å². The SMILES string of the molecule is CCCCC[C@@H](N)c1sccc1Cl. The lowest BCUT2D eigenvalue weighted by atomic mass is 10.1. The molecule has 0 unspecified atom stereocenters. The second-order valence-electron chi connectivity index (χ2n) is 3.24. The van der Waals surface area contributed by atoms with E-state index in [1.54, 1.807) is 11.3 Å². The summed E-state index contributed by atoms with van der Waals surface area (Å²) in [6, 6.07) is 2.06. The monoisotopic (exact) mass is 217 g/mol. The van der Waals surface area contributed by atoms with Gasteiger partial charge in [-0.3, -0.25) is 0 Å². The van der Waals surface area contributed by atoms with E-state index in [4.69, 9.17) is 17.3 Å². The summed E-state index contributed by atoms with van der Waals surface area (Å²) in [5.74, 6) is 0. The Bertz CT molecular complexity index is 247. The van der Waals surface area contributed by atoms with Gasteiger partial charge in [0.05, 0.1) is 5.02 Å². The zero-order valence-electron chi connectivity index (χ0n) is 7.92. The van der Waals surface area contributed by atoms with E-state index < -0.39 is 0 Å². The fourth-order valence-corrected chi connectivity index (χ4v) is 2.55. The van der Waals surface area contributed by atoms with E-state index in [0.29, 0.717) is 0 Å². The van der Waals surface area contributed by atoms with Crippen LogP contribution in [0.2, 0.25) is 5.02 Å². The topological polar surface area (TPSA) is 26.0 Å². The summed E-state index contributed by atoms with van der Waals surface area (Å²) in [4.78, 5) is 1.14. The van der Waals surface area contributed by atoms with E-state index in [1.165, 1.54) is 19.3 Å². The van der Waals surface area contributed by atoms with Gasteiger partial charge in [0.1, 0.15) is 0 Å². The van der Waals surface area contributed by atoms with E-state index in [1.807, 2.05) is 11.4 Å². The smallest absolute Gasteiger partial charge is 0.0561 e. The molecule has 0 bridgehead atoms. The van der Waals surface area contributed by atoms with Gasteiger partial charge in [0.25, 0.3) is 0 Å². The molecule has 1 nitrogen and oxygen atoms in total. The summed E-state index contributed by atoms with van der Waals surface area (Å²) in [7, 11) is 0. The van der Waals surface area contributed by atoms with Gasteiger partial charge in [0, 0.05) is 10.9 Å². The van der Waals surface area contributed by atoms with Crippen LogP contribution in [0, 0.1) is 0 Å². The minimum atomic E-state index is 0.138. The first-order valence-corrected chi connectivity index (χ1v) is 6.00. The van der Waals surface area contributed by atoms with Gasteiger partial charge in [-0.15, -0.1) is 11.3 Å². The van der Waals surface area contributed by atoms with Gasteiger partial charge in [0.15, 0.2) is 0 Å². The first-order valence-electron chi connectivity index (χ1n) is 4.74. The third-order valence-corrected chi connectivity index (χ3v) is 3.59. The highest BCUT2D eigenvalue weighted by Crippen LogP contribution is 2.29. The van der Waals surface area contributed by atoms with Crippen LogP contribution in [-0.2, 0) is 0 Å². The van der Waals surface area contributed by atoms with E-state index in [9.17, 15) is 0 Å². The molecule has 1 aromatic heterocycles. The molecule has 0 aliphatic heterocycles. The van der Waals surface area contributed by atoms with Crippen LogP contribution in [-0.4, -0.2) is 0 Å². The van der Waals surface area contributed by atoms with Gasteiger partial charge in [-0.25, -0.2) is 0 Å². The first kappa shape index (κ1) is 11.0. The number of rotatable bonds is 5. The predicted octanol–water partition coefficient (Wildman–Crippen LogP) is 3.98. The van der Waals surface area contributed by atoms with Crippen molar-refractivity contribution in [1.82, 2.24) is 0 Å². The predicted molar refractivity (Wildman–Crippen MR) is 60.4 cm³/mol. The lowest BCUT2D eigenvalue weighted by Gasteiger charge is -2.09. The zero-order valence-corrected chi connectivity index (χ0v) is 9.50. The molecule has 74 valence electrons. The Kier molecular flexibility index (Phi) is 4.78. The molecule has 1 aromatic rings. The number of hydrogen-bond donors (Lipinski definition) is 1. The summed E-state index contributed by atoms with van der Waals surface area (Å²) >= 11 is 7.64. The molecule has 0 aliphatic carbocycles. The van der Waals surface area contributed by atoms with Crippen molar-refractivity contribution in [2.24, 2.45) is 5.73 Å².